The molecule has 2 aliphatic carbocycles. The molecule has 0 saturated carbocycles. The number of allylic oxidation sites excluding steroid dienone is 5. The summed E-state index contributed by atoms with van der Waals surface area (Å²) in [5, 5.41) is 0. The lowest BCUT2D eigenvalue weighted by molar-refractivity contribution is 1.05. The molecule has 0 saturated heterocycles. The summed E-state index contributed by atoms with van der Waals surface area (Å²) in [5.74, 6) is 6.61. The molecular formula is C15H10. The van der Waals surface area contributed by atoms with Gasteiger partial charge in [0.05, 0.1) is 5.92 Å². The van der Waals surface area contributed by atoms with E-state index in [0.29, 0.717) is 0 Å². The SMILES string of the molecule is C1#CC2C(=CC=C1)C=Cc1ccccc12. The number of rotatable bonds is 0. The third-order valence-corrected chi connectivity index (χ3v) is 2.79. The smallest absolute Gasteiger partial charge is 0.0711 e. The van der Waals surface area contributed by atoms with Gasteiger partial charge >= 0.3 is 0 Å². The molecular weight excluding hydrogens is 180 g/mol. The van der Waals surface area contributed by atoms with Gasteiger partial charge in [0, 0.05) is 0 Å². The molecule has 3 rings (SSSR count). The molecule has 0 radical (unpaired) electrons. The van der Waals surface area contributed by atoms with Gasteiger partial charge in [-0.25, -0.2) is 0 Å². The maximum atomic E-state index is 3.28. The molecule has 0 amide bonds. The summed E-state index contributed by atoms with van der Waals surface area (Å²) in [7, 11) is 0. The molecule has 0 aromatic heterocycles. The van der Waals surface area contributed by atoms with Crippen LogP contribution in [0.15, 0.2) is 54.1 Å². The predicted molar refractivity (Wildman–Crippen MR) is 63.2 cm³/mol. The lowest BCUT2D eigenvalue weighted by Crippen LogP contribution is -2.04. The largest absolute Gasteiger partial charge is 0.0854 e. The van der Waals surface area contributed by atoms with E-state index in [1.807, 2.05) is 12.2 Å². The Morgan fingerprint density at radius 1 is 1.07 bits per heavy atom. The van der Waals surface area contributed by atoms with Gasteiger partial charge in [0.15, 0.2) is 0 Å². The van der Waals surface area contributed by atoms with Crippen LogP contribution in [-0.4, -0.2) is 0 Å². The molecule has 2 aliphatic rings. The third-order valence-electron chi connectivity index (χ3n) is 2.79. The van der Waals surface area contributed by atoms with Gasteiger partial charge in [0.2, 0.25) is 0 Å². The van der Waals surface area contributed by atoms with E-state index in [-0.39, 0.29) is 5.92 Å². The average molecular weight is 190 g/mol. The fraction of sp³-hybridized carbons (Fsp3) is 0.0667. The fourth-order valence-corrected chi connectivity index (χ4v) is 2.04. The summed E-state index contributed by atoms with van der Waals surface area (Å²) < 4.78 is 0. The van der Waals surface area contributed by atoms with Gasteiger partial charge in [-0.2, -0.15) is 0 Å². The van der Waals surface area contributed by atoms with Crippen LogP contribution in [0.5, 0.6) is 0 Å². The molecule has 0 heteroatoms. The van der Waals surface area contributed by atoms with Crippen LogP contribution in [-0.2, 0) is 0 Å². The molecule has 0 bridgehead atoms. The number of hydrogen-bond acceptors (Lipinski definition) is 0. The van der Waals surface area contributed by atoms with Crippen molar-refractivity contribution < 1.29 is 0 Å². The Morgan fingerprint density at radius 2 is 2.00 bits per heavy atom. The van der Waals surface area contributed by atoms with Gasteiger partial charge in [0.25, 0.3) is 0 Å². The van der Waals surface area contributed by atoms with Crippen molar-refractivity contribution >= 4 is 6.08 Å². The van der Waals surface area contributed by atoms with Crippen molar-refractivity contribution in [3.63, 3.8) is 0 Å². The van der Waals surface area contributed by atoms with Crippen molar-refractivity contribution in [3.05, 3.63) is 65.3 Å². The maximum Gasteiger partial charge on any atom is 0.0711 e. The third kappa shape index (κ3) is 1.33. The normalized spacial score (nSPS) is 20.5. The summed E-state index contributed by atoms with van der Waals surface area (Å²) in [5.41, 5.74) is 3.90. The molecule has 0 heterocycles. The van der Waals surface area contributed by atoms with Crippen LogP contribution in [0, 0.1) is 11.8 Å². The van der Waals surface area contributed by atoms with Gasteiger partial charge in [-0.3, -0.25) is 0 Å². The Balaban J connectivity index is 2.22. The fourth-order valence-electron chi connectivity index (χ4n) is 2.04. The van der Waals surface area contributed by atoms with Crippen LogP contribution >= 0.6 is 0 Å². The molecule has 1 aromatic rings. The lowest BCUT2D eigenvalue weighted by atomic mass is 9.84. The molecule has 0 aliphatic heterocycles. The zero-order valence-electron chi connectivity index (χ0n) is 8.27. The standard InChI is InChI=1S/C15H10/c1-2-6-12-10-11-13-7-4-5-9-15(13)14(12)8-3-1/h1-2,4-7,9-11,14H. The van der Waals surface area contributed by atoms with E-state index in [1.54, 1.807) is 0 Å². The minimum absolute atomic E-state index is 0.251. The second-order valence-electron chi connectivity index (χ2n) is 3.71. The molecule has 70 valence electrons. The average Bonchev–Trinajstić information content (AvgIpc) is 2.54. The van der Waals surface area contributed by atoms with Crippen LogP contribution in [0.4, 0.5) is 0 Å². The van der Waals surface area contributed by atoms with E-state index >= 15 is 0 Å². The summed E-state index contributed by atoms with van der Waals surface area (Å²) in [6, 6.07) is 8.45. The predicted octanol–water partition coefficient (Wildman–Crippen LogP) is 3.30. The monoisotopic (exact) mass is 190 g/mol. The van der Waals surface area contributed by atoms with E-state index in [1.165, 1.54) is 16.7 Å². The highest BCUT2D eigenvalue weighted by molar-refractivity contribution is 5.67. The molecule has 0 nitrogen and oxygen atoms in total. The summed E-state index contributed by atoms with van der Waals surface area (Å²) in [6.07, 6.45) is 10.4. The first-order valence-corrected chi connectivity index (χ1v) is 5.10. The van der Waals surface area contributed by atoms with Gasteiger partial charge in [-0.15, -0.1) is 0 Å². The van der Waals surface area contributed by atoms with E-state index < -0.39 is 0 Å². The van der Waals surface area contributed by atoms with Crippen molar-refractivity contribution in [1.82, 2.24) is 0 Å². The van der Waals surface area contributed by atoms with Crippen LogP contribution in [0.25, 0.3) is 6.08 Å². The summed E-state index contributed by atoms with van der Waals surface area (Å²) in [4.78, 5) is 0. The van der Waals surface area contributed by atoms with Crippen molar-refractivity contribution in [2.24, 2.45) is 0 Å². The minimum atomic E-state index is 0.251. The highest BCUT2D eigenvalue weighted by Gasteiger charge is 2.18. The molecule has 0 spiro atoms. The zero-order valence-corrected chi connectivity index (χ0v) is 8.27. The quantitative estimate of drug-likeness (QED) is 0.551. The van der Waals surface area contributed by atoms with E-state index in [2.05, 4.69) is 54.3 Å². The first-order chi connectivity index (χ1) is 7.45. The van der Waals surface area contributed by atoms with Crippen molar-refractivity contribution in [2.75, 3.05) is 0 Å². The summed E-state index contributed by atoms with van der Waals surface area (Å²) >= 11 is 0. The Hall–Kier alpha value is -2.00. The number of hydrogen-bond donors (Lipinski definition) is 0. The summed E-state index contributed by atoms with van der Waals surface area (Å²) in [6.45, 7) is 0. The van der Waals surface area contributed by atoms with Crippen LogP contribution in [0.3, 0.4) is 0 Å². The Kier molecular flexibility index (Phi) is 1.83. The van der Waals surface area contributed by atoms with Gasteiger partial charge < -0.3 is 0 Å². The second-order valence-corrected chi connectivity index (χ2v) is 3.71. The highest BCUT2D eigenvalue weighted by Crippen LogP contribution is 2.33. The first-order valence-electron chi connectivity index (χ1n) is 5.10. The molecule has 0 fully saturated rings. The van der Waals surface area contributed by atoms with Crippen LogP contribution in [0.2, 0.25) is 0 Å². The molecule has 0 N–H and O–H groups in total. The van der Waals surface area contributed by atoms with E-state index in [0.717, 1.165) is 0 Å². The highest BCUT2D eigenvalue weighted by atomic mass is 14.2. The van der Waals surface area contributed by atoms with E-state index in [4.69, 9.17) is 0 Å². The Morgan fingerprint density at radius 3 is 3.00 bits per heavy atom. The molecule has 1 unspecified atom stereocenters. The topological polar surface area (TPSA) is 0 Å². The zero-order chi connectivity index (χ0) is 10.1. The van der Waals surface area contributed by atoms with Crippen molar-refractivity contribution in [1.29, 1.82) is 0 Å². The van der Waals surface area contributed by atoms with Gasteiger partial charge in [0.1, 0.15) is 0 Å². The van der Waals surface area contributed by atoms with Gasteiger partial charge in [-0.1, -0.05) is 60.4 Å². The van der Waals surface area contributed by atoms with Gasteiger partial charge in [-0.05, 0) is 22.8 Å². The molecule has 15 heavy (non-hydrogen) atoms. The van der Waals surface area contributed by atoms with E-state index in [9.17, 15) is 0 Å². The van der Waals surface area contributed by atoms with Crippen molar-refractivity contribution in [2.45, 2.75) is 5.92 Å². The maximum absolute atomic E-state index is 3.28. The molecule has 1 aromatic carbocycles. The van der Waals surface area contributed by atoms with Crippen LogP contribution < -0.4 is 0 Å². The number of fused-ring (bicyclic) bond motifs is 3. The van der Waals surface area contributed by atoms with Crippen molar-refractivity contribution in [3.8, 4) is 11.8 Å². The Labute approximate surface area is 89.6 Å². The second kappa shape index (κ2) is 3.29. The Bertz CT molecular complexity index is 545. The van der Waals surface area contributed by atoms with Crippen LogP contribution in [0.1, 0.15) is 17.0 Å². The number of benzene rings is 1. The minimum Gasteiger partial charge on any atom is -0.0854 e. The molecule has 1 atom stereocenters. The lowest BCUT2D eigenvalue weighted by Gasteiger charge is -2.19. The first kappa shape index (κ1) is 8.32.